The van der Waals surface area contributed by atoms with Gasteiger partial charge in [-0.3, -0.25) is 5.10 Å². The van der Waals surface area contributed by atoms with Crippen molar-refractivity contribution >= 4 is 22.8 Å². The molecule has 0 bridgehead atoms. The molecule has 9 heteroatoms. The van der Waals surface area contributed by atoms with Crippen LogP contribution in [0.4, 0.5) is 10.5 Å². The highest BCUT2D eigenvalue weighted by Gasteiger charge is 2.26. The van der Waals surface area contributed by atoms with Gasteiger partial charge in [-0.2, -0.15) is 5.10 Å². The zero-order valence-electron chi connectivity index (χ0n) is 14.3. The van der Waals surface area contributed by atoms with Crippen molar-refractivity contribution in [1.29, 1.82) is 0 Å². The van der Waals surface area contributed by atoms with Crippen molar-refractivity contribution in [3.8, 4) is 5.75 Å². The number of carbonyl (C=O) groups is 1. The number of ether oxygens (including phenoxy) is 1. The van der Waals surface area contributed by atoms with Gasteiger partial charge in [0.25, 0.3) is 0 Å². The van der Waals surface area contributed by atoms with Gasteiger partial charge in [0.1, 0.15) is 5.75 Å². The van der Waals surface area contributed by atoms with Crippen LogP contribution in [-0.4, -0.2) is 51.3 Å². The average Bonchev–Trinajstić information content (AvgIpc) is 3.29. The minimum Gasteiger partial charge on any atom is -0.494 e. The van der Waals surface area contributed by atoms with Crippen molar-refractivity contribution in [3.63, 3.8) is 0 Å². The third-order valence-electron chi connectivity index (χ3n) is 4.75. The number of hydrogen-bond donors (Lipinski definition) is 4. The van der Waals surface area contributed by atoms with E-state index in [0.717, 1.165) is 18.5 Å². The SMILES string of the molecule is COc1cc2[nH]c(=O)[nH]c2cc1NC(=O)N1CCC[C@H](c2ccn[nH]2)C1. The fourth-order valence-electron chi connectivity index (χ4n) is 3.43. The molecule has 136 valence electrons. The van der Waals surface area contributed by atoms with Crippen molar-refractivity contribution in [3.05, 3.63) is 40.6 Å². The fraction of sp³-hybridized carbons (Fsp3) is 0.353. The molecule has 1 atom stereocenters. The number of nitrogens with zero attached hydrogens (tertiary/aromatic N) is 2. The normalized spacial score (nSPS) is 17.4. The van der Waals surface area contributed by atoms with E-state index >= 15 is 0 Å². The van der Waals surface area contributed by atoms with Crippen LogP contribution in [0.5, 0.6) is 5.75 Å². The largest absolute Gasteiger partial charge is 0.494 e. The van der Waals surface area contributed by atoms with Gasteiger partial charge in [-0.15, -0.1) is 0 Å². The molecule has 9 nitrogen and oxygen atoms in total. The number of aromatic nitrogens is 4. The second kappa shape index (κ2) is 6.58. The number of benzene rings is 1. The van der Waals surface area contributed by atoms with Crippen LogP contribution in [0, 0.1) is 0 Å². The lowest BCUT2D eigenvalue weighted by molar-refractivity contribution is 0.192. The molecule has 0 aliphatic carbocycles. The number of urea groups is 1. The topological polar surface area (TPSA) is 119 Å². The molecule has 0 radical (unpaired) electrons. The number of rotatable bonds is 3. The number of nitrogens with one attached hydrogen (secondary N) is 4. The van der Waals surface area contributed by atoms with Gasteiger partial charge in [0, 0.05) is 37.0 Å². The Hall–Kier alpha value is -3.23. The van der Waals surface area contributed by atoms with E-state index in [-0.39, 0.29) is 17.6 Å². The van der Waals surface area contributed by atoms with E-state index in [1.165, 1.54) is 7.11 Å². The van der Waals surface area contributed by atoms with Crippen LogP contribution in [-0.2, 0) is 0 Å². The van der Waals surface area contributed by atoms with Crippen LogP contribution in [0.1, 0.15) is 24.5 Å². The number of methoxy groups -OCH3 is 1. The molecule has 0 saturated carbocycles. The standard InChI is InChI=1S/C17H20N6O3/c1-26-15-8-13-12(19-16(24)20-13)7-14(15)21-17(25)23-6-2-3-10(9-23)11-4-5-18-22-11/h4-5,7-8,10H,2-3,6,9H2,1H3,(H,18,22)(H,21,25)(H2,19,20,24)/t10-/m0/s1. The first-order valence-electron chi connectivity index (χ1n) is 8.49. The van der Waals surface area contributed by atoms with Gasteiger partial charge in [-0.25, -0.2) is 9.59 Å². The summed E-state index contributed by atoms with van der Waals surface area (Å²) in [7, 11) is 1.52. The zero-order valence-corrected chi connectivity index (χ0v) is 14.3. The molecular formula is C17H20N6O3. The second-order valence-corrected chi connectivity index (χ2v) is 6.40. The molecule has 0 spiro atoms. The summed E-state index contributed by atoms with van der Waals surface area (Å²) in [5, 5.41) is 9.89. The van der Waals surface area contributed by atoms with Gasteiger partial charge in [0.05, 0.1) is 23.8 Å². The maximum atomic E-state index is 12.7. The second-order valence-electron chi connectivity index (χ2n) is 6.40. The number of fused-ring (bicyclic) bond motifs is 1. The highest BCUT2D eigenvalue weighted by molar-refractivity contribution is 5.94. The Kier molecular flexibility index (Phi) is 4.11. The van der Waals surface area contributed by atoms with Crippen LogP contribution in [0.3, 0.4) is 0 Å². The van der Waals surface area contributed by atoms with Crippen LogP contribution >= 0.6 is 0 Å². The van der Waals surface area contributed by atoms with E-state index in [2.05, 4.69) is 25.5 Å². The molecule has 1 saturated heterocycles. The highest BCUT2D eigenvalue weighted by Crippen LogP contribution is 2.30. The predicted molar refractivity (Wildman–Crippen MR) is 96.6 cm³/mol. The summed E-state index contributed by atoms with van der Waals surface area (Å²) in [6.45, 7) is 1.32. The number of imidazole rings is 1. The molecule has 2 aromatic heterocycles. The Labute approximate surface area is 148 Å². The highest BCUT2D eigenvalue weighted by atomic mass is 16.5. The van der Waals surface area contributed by atoms with E-state index in [9.17, 15) is 9.59 Å². The Morgan fingerprint density at radius 1 is 1.35 bits per heavy atom. The number of aromatic amines is 3. The Morgan fingerprint density at radius 2 is 2.15 bits per heavy atom. The lowest BCUT2D eigenvalue weighted by Crippen LogP contribution is -2.41. The summed E-state index contributed by atoms with van der Waals surface area (Å²) in [6.07, 6.45) is 3.68. The van der Waals surface area contributed by atoms with Gasteiger partial charge < -0.3 is 24.9 Å². The lowest BCUT2D eigenvalue weighted by Gasteiger charge is -2.32. The van der Waals surface area contributed by atoms with E-state index in [1.807, 2.05) is 6.07 Å². The van der Waals surface area contributed by atoms with Gasteiger partial charge in [0.2, 0.25) is 0 Å². The first-order valence-corrected chi connectivity index (χ1v) is 8.49. The Balaban J connectivity index is 1.53. The summed E-state index contributed by atoms with van der Waals surface area (Å²) in [5.74, 6) is 0.741. The van der Waals surface area contributed by atoms with Gasteiger partial charge in [0.15, 0.2) is 0 Å². The summed E-state index contributed by atoms with van der Waals surface area (Å²) in [6, 6.07) is 5.14. The number of hydrogen-bond acceptors (Lipinski definition) is 4. The Bertz CT molecular complexity index is 974. The predicted octanol–water partition coefficient (Wildman–Crippen LogP) is 2.00. The monoisotopic (exact) mass is 356 g/mol. The molecule has 4 N–H and O–H groups in total. The molecule has 1 aliphatic rings. The fourth-order valence-corrected chi connectivity index (χ4v) is 3.43. The molecule has 1 fully saturated rings. The van der Waals surface area contributed by atoms with Crippen LogP contribution < -0.4 is 15.7 Å². The number of amides is 2. The first kappa shape index (κ1) is 16.2. The summed E-state index contributed by atoms with van der Waals surface area (Å²) >= 11 is 0. The number of H-pyrrole nitrogens is 3. The lowest BCUT2D eigenvalue weighted by atomic mass is 9.95. The van der Waals surface area contributed by atoms with Gasteiger partial charge in [-0.1, -0.05) is 0 Å². The smallest absolute Gasteiger partial charge is 0.323 e. The van der Waals surface area contributed by atoms with Crippen molar-refractivity contribution < 1.29 is 9.53 Å². The van der Waals surface area contributed by atoms with E-state index in [1.54, 1.807) is 23.2 Å². The quantitative estimate of drug-likeness (QED) is 0.574. The van der Waals surface area contributed by atoms with Gasteiger partial charge in [-0.05, 0) is 25.0 Å². The van der Waals surface area contributed by atoms with Crippen molar-refractivity contribution in [2.24, 2.45) is 0 Å². The van der Waals surface area contributed by atoms with E-state index in [0.29, 0.717) is 35.6 Å². The number of anilines is 1. The molecule has 1 aliphatic heterocycles. The van der Waals surface area contributed by atoms with E-state index in [4.69, 9.17) is 4.74 Å². The van der Waals surface area contributed by atoms with Crippen LogP contribution in [0.2, 0.25) is 0 Å². The number of piperidine rings is 1. The molecule has 26 heavy (non-hydrogen) atoms. The van der Waals surface area contributed by atoms with Crippen LogP contribution in [0.25, 0.3) is 11.0 Å². The van der Waals surface area contributed by atoms with Gasteiger partial charge >= 0.3 is 11.7 Å². The third-order valence-corrected chi connectivity index (χ3v) is 4.75. The maximum absolute atomic E-state index is 12.7. The minimum absolute atomic E-state index is 0.190. The number of likely N-dealkylation sites (tertiary alicyclic amines) is 1. The van der Waals surface area contributed by atoms with Crippen molar-refractivity contribution in [1.82, 2.24) is 25.1 Å². The average molecular weight is 356 g/mol. The minimum atomic E-state index is -0.302. The maximum Gasteiger partial charge on any atom is 0.323 e. The molecule has 3 aromatic rings. The molecular weight excluding hydrogens is 336 g/mol. The molecule has 2 amide bonds. The van der Waals surface area contributed by atoms with Crippen LogP contribution in [0.15, 0.2) is 29.2 Å². The Morgan fingerprint density at radius 3 is 2.88 bits per heavy atom. The molecule has 0 unspecified atom stereocenters. The van der Waals surface area contributed by atoms with E-state index < -0.39 is 0 Å². The summed E-state index contributed by atoms with van der Waals surface area (Å²) in [5.41, 5.74) is 2.50. The molecule has 4 rings (SSSR count). The molecule has 1 aromatic carbocycles. The van der Waals surface area contributed by atoms with Crippen molar-refractivity contribution in [2.45, 2.75) is 18.8 Å². The molecule has 3 heterocycles. The first-order chi connectivity index (χ1) is 12.6. The summed E-state index contributed by atoms with van der Waals surface area (Å²) < 4.78 is 5.35. The summed E-state index contributed by atoms with van der Waals surface area (Å²) in [4.78, 5) is 31.4. The number of carbonyl (C=O) groups excluding carboxylic acids is 1. The zero-order chi connectivity index (χ0) is 18.1. The third kappa shape index (κ3) is 3.03. The van der Waals surface area contributed by atoms with Crippen molar-refractivity contribution in [2.75, 3.05) is 25.5 Å².